The molecule has 1 N–H and O–H groups in total. The van der Waals surface area contributed by atoms with Crippen molar-refractivity contribution in [2.75, 3.05) is 13.1 Å². The first-order valence-corrected chi connectivity index (χ1v) is 7.01. The van der Waals surface area contributed by atoms with Crippen LogP contribution in [0.15, 0.2) is 42.5 Å². The average Bonchev–Trinajstić information content (AvgIpc) is 2.46. The van der Waals surface area contributed by atoms with Gasteiger partial charge in [-0.1, -0.05) is 25.1 Å². The van der Waals surface area contributed by atoms with E-state index in [1.165, 1.54) is 30.3 Å². The first-order valence-electron chi connectivity index (χ1n) is 7.01. The van der Waals surface area contributed by atoms with Crippen LogP contribution in [0.3, 0.4) is 0 Å². The number of hydrogen-bond acceptors (Lipinski definition) is 1. The Bertz CT molecular complexity index is 578. The number of halogens is 3. The van der Waals surface area contributed by atoms with Crippen molar-refractivity contribution in [1.82, 2.24) is 5.32 Å². The number of likely N-dealkylation sites (N-methyl/N-ethyl adjacent to an activating group) is 1. The number of hydrogen-bond donors (Lipinski definition) is 1. The van der Waals surface area contributed by atoms with E-state index in [0.29, 0.717) is 6.54 Å². The Labute approximate surface area is 122 Å². The molecule has 0 bridgehead atoms. The van der Waals surface area contributed by atoms with Gasteiger partial charge in [-0.15, -0.1) is 0 Å². The molecule has 0 spiro atoms. The van der Waals surface area contributed by atoms with Gasteiger partial charge in [0.2, 0.25) is 0 Å². The van der Waals surface area contributed by atoms with Gasteiger partial charge in [0.25, 0.3) is 0 Å². The van der Waals surface area contributed by atoms with Gasteiger partial charge in [-0.05, 0) is 42.8 Å². The monoisotopic (exact) mass is 293 g/mol. The SMILES string of the molecule is CCNCC(Cc1c(F)cccc1F)c1cccc(F)c1. The second-order valence-corrected chi connectivity index (χ2v) is 4.96. The molecule has 1 unspecified atom stereocenters. The highest BCUT2D eigenvalue weighted by Gasteiger charge is 2.17. The predicted molar refractivity (Wildman–Crippen MR) is 77.7 cm³/mol. The van der Waals surface area contributed by atoms with E-state index < -0.39 is 11.6 Å². The second kappa shape index (κ2) is 7.27. The average molecular weight is 293 g/mol. The maximum Gasteiger partial charge on any atom is 0.129 e. The van der Waals surface area contributed by atoms with E-state index >= 15 is 0 Å². The molecule has 0 aromatic heterocycles. The normalized spacial score (nSPS) is 12.4. The molecule has 0 radical (unpaired) electrons. The molecule has 0 heterocycles. The standard InChI is InChI=1S/C17H18F3N/c1-2-21-11-13(12-5-3-6-14(18)9-12)10-15-16(19)7-4-8-17(15)20/h3-9,13,21H,2,10-11H2,1H3. The van der Waals surface area contributed by atoms with Crippen molar-refractivity contribution in [3.63, 3.8) is 0 Å². The molecule has 112 valence electrons. The van der Waals surface area contributed by atoms with Gasteiger partial charge in [-0.3, -0.25) is 0 Å². The fourth-order valence-corrected chi connectivity index (χ4v) is 2.36. The molecule has 21 heavy (non-hydrogen) atoms. The molecule has 0 saturated heterocycles. The first-order chi connectivity index (χ1) is 10.1. The van der Waals surface area contributed by atoms with Crippen LogP contribution >= 0.6 is 0 Å². The van der Waals surface area contributed by atoms with Crippen LogP contribution in [-0.2, 0) is 6.42 Å². The molecule has 2 aromatic carbocycles. The molecule has 0 aliphatic rings. The van der Waals surface area contributed by atoms with E-state index in [-0.39, 0.29) is 23.7 Å². The summed E-state index contributed by atoms with van der Waals surface area (Å²) in [6, 6.07) is 10.0. The van der Waals surface area contributed by atoms with Gasteiger partial charge in [-0.2, -0.15) is 0 Å². The third-order valence-electron chi connectivity index (χ3n) is 3.47. The molecule has 4 heteroatoms. The Hall–Kier alpha value is -1.81. The maximum atomic E-state index is 13.8. The van der Waals surface area contributed by atoms with Crippen LogP contribution in [0.1, 0.15) is 24.0 Å². The highest BCUT2D eigenvalue weighted by atomic mass is 19.1. The lowest BCUT2D eigenvalue weighted by molar-refractivity contribution is 0.521. The first kappa shape index (κ1) is 15.6. The molecule has 0 aliphatic carbocycles. The second-order valence-electron chi connectivity index (χ2n) is 4.96. The van der Waals surface area contributed by atoms with Gasteiger partial charge in [0.05, 0.1) is 0 Å². The van der Waals surface area contributed by atoms with Crippen molar-refractivity contribution in [2.24, 2.45) is 0 Å². The van der Waals surface area contributed by atoms with Crippen molar-refractivity contribution in [3.05, 3.63) is 71.0 Å². The minimum atomic E-state index is -0.562. The van der Waals surface area contributed by atoms with Gasteiger partial charge in [-0.25, -0.2) is 13.2 Å². The fraction of sp³-hybridized carbons (Fsp3) is 0.294. The summed E-state index contributed by atoms with van der Waals surface area (Å²) in [5, 5.41) is 3.16. The summed E-state index contributed by atoms with van der Waals surface area (Å²) in [6.07, 6.45) is 0.189. The van der Waals surface area contributed by atoms with E-state index in [4.69, 9.17) is 0 Å². The smallest absolute Gasteiger partial charge is 0.129 e. The third-order valence-corrected chi connectivity index (χ3v) is 3.47. The van der Waals surface area contributed by atoms with E-state index in [1.54, 1.807) is 12.1 Å². The van der Waals surface area contributed by atoms with Gasteiger partial charge >= 0.3 is 0 Å². The molecule has 0 aliphatic heterocycles. The van der Waals surface area contributed by atoms with Crippen molar-refractivity contribution < 1.29 is 13.2 Å². The molecule has 0 fully saturated rings. The number of nitrogens with one attached hydrogen (secondary N) is 1. The van der Waals surface area contributed by atoms with Crippen molar-refractivity contribution in [2.45, 2.75) is 19.3 Å². The Morgan fingerprint density at radius 3 is 2.29 bits per heavy atom. The van der Waals surface area contributed by atoms with Crippen molar-refractivity contribution >= 4 is 0 Å². The zero-order valence-electron chi connectivity index (χ0n) is 11.9. The zero-order valence-corrected chi connectivity index (χ0v) is 11.9. The minimum absolute atomic E-state index is 0.0460. The summed E-state index contributed by atoms with van der Waals surface area (Å²) in [6.45, 7) is 3.23. The predicted octanol–water partition coefficient (Wildman–Crippen LogP) is 4.04. The molecule has 0 amide bonds. The third kappa shape index (κ3) is 4.08. The van der Waals surface area contributed by atoms with E-state index in [9.17, 15) is 13.2 Å². The van der Waals surface area contributed by atoms with Crippen LogP contribution in [0, 0.1) is 17.5 Å². The van der Waals surface area contributed by atoms with E-state index in [0.717, 1.165) is 12.1 Å². The van der Waals surface area contributed by atoms with E-state index in [2.05, 4.69) is 5.32 Å². The zero-order chi connectivity index (χ0) is 15.2. The maximum absolute atomic E-state index is 13.8. The molecular formula is C17H18F3N. The summed E-state index contributed by atoms with van der Waals surface area (Å²) in [5.41, 5.74) is 0.781. The number of rotatable bonds is 6. The molecule has 0 saturated carbocycles. The quantitative estimate of drug-likeness (QED) is 0.847. The number of benzene rings is 2. The van der Waals surface area contributed by atoms with Gasteiger partial charge < -0.3 is 5.32 Å². The van der Waals surface area contributed by atoms with Crippen LogP contribution in [0.2, 0.25) is 0 Å². The minimum Gasteiger partial charge on any atom is -0.316 e. The lowest BCUT2D eigenvalue weighted by Gasteiger charge is -2.19. The van der Waals surface area contributed by atoms with Crippen LogP contribution < -0.4 is 5.32 Å². The lowest BCUT2D eigenvalue weighted by atomic mass is 9.91. The largest absolute Gasteiger partial charge is 0.316 e. The summed E-state index contributed by atoms with van der Waals surface area (Å²) in [7, 11) is 0. The van der Waals surface area contributed by atoms with Crippen LogP contribution in [0.5, 0.6) is 0 Å². The summed E-state index contributed by atoms with van der Waals surface area (Å²) in [4.78, 5) is 0. The highest BCUT2D eigenvalue weighted by Crippen LogP contribution is 2.24. The molecule has 2 aromatic rings. The molecule has 2 rings (SSSR count). The molecular weight excluding hydrogens is 275 g/mol. The fourth-order valence-electron chi connectivity index (χ4n) is 2.36. The Balaban J connectivity index is 2.28. The Kier molecular flexibility index (Phi) is 5.39. The Morgan fingerprint density at radius 2 is 1.67 bits per heavy atom. The Morgan fingerprint density at radius 1 is 1.00 bits per heavy atom. The topological polar surface area (TPSA) is 12.0 Å². The summed E-state index contributed by atoms with van der Waals surface area (Å²) >= 11 is 0. The molecule has 1 atom stereocenters. The lowest BCUT2D eigenvalue weighted by Crippen LogP contribution is -2.23. The summed E-state index contributed by atoms with van der Waals surface area (Å²) in [5.74, 6) is -1.66. The summed E-state index contributed by atoms with van der Waals surface area (Å²) < 4.78 is 41.0. The van der Waals surface area contributed by atoms with Gasteiger partial charge in [0, 0.05) is 18.0 Å². The van der Waals surface area contributed by atoms with E-state index in [1.807, 2.05) is 6.92 Å². The van der Waals surface area contributed by atoms with Crippen molar-refractivity contribution in [3.8, 4) is 0 Å². The van der Waals surface area contributed by atoms with Crippen LogP contribution in [0.4, 0.5) is 13.2 Å². The van der Waals surface area contributed by atoms with Gasteiger partial charge in [0.15, 0.2) is 0 Å². The highest BCUT2D eigenvalue weighted by molar-refractivity contribution is 5.27. The van der Waals surface area contributed by atoms with Crippen molar-refractivity contribution in [1.29, 1.82) is 0 Å². The van der Waals surface area contributed by atoms with Crippen LogP contribution in [0.25, 0.3) is 0 Å². The van der Waals surface area contributed by atoms with Gasteiger partial charge in [0.1, 0.15) is 17.5 Å². The molecule has 1 nitrogen and oxygen atoms in total. The van der Waals surface area contributed by atoms with Crippen LogP contribution in [-0.4, -0.2) is 13.1 Å².